The van der Waals surface area contributed by atoms with Gasteiger partial charge >= 0.3 is 0 Å². The molecule has 0 spiro atoms. The van der Waals surface area contributed by atoms with Gasteiger partial charge in [0.15, 0.2) is 0 Å². The van der Waals surface area contributed by atoms with E-state index in [9.17, 15) is 9.59 Å². The van der Waals surface area contributed by atoms with Gasteiger partial charge in [-0.05, 0) is 19.3 Å². The van der Waals surface area contributed by atoms with Crippen LogP contribution in [0.5, 0.6) is 0 Å². The minimum atomic E-state index is -0.286. The van der Waals surface area contributed by atoms with Crippen LogP contribution in [0.4, 0.5) is 0 Å². The van der Waals surface area contributed by atoms with Crippen LogP contribution in [0.3, 0.4) is 0 Å². The molecular weight excluding hydrogens is 208 g/mol. The van der Waals surface area contributed by atoms with Gasteiger partial charge < -0.3 is 15.0 Å². The number of ether oxygens (including phenoxy) is 1. The second-order valence-electron chi connectivity index (χ2n) is 4.42. The molecule has 90 valence electrons. The third-order valence-electron chi connectivity index (χ3n) is 3.38. The predicted molar refractivity (Wildman–Crippen MR) is 57.8 cm³/mol. The first-order chi connectivity index (χ1) is 7.70. The lowest BCUT2D eigenvalue weighted by molar-refractivity contribution is -0.136. The number of rotatable bonds is 2. The van der Waals surface area contributed by atoms with E-state index in [4.69, 9.17) is 4.74 Å². The van der Waals surface area contributed by atoms with E-state index in [2.05, 4.69) is 5.32 Å². The summed E-state index contributed by atoms with van der Waals surface area (Å²) in [6, 6.07) is -0.286. The fraction of sp³-hybridized carbons (Fsp3) is 0.818. The van der Waals surface area contributed by atoms with E-state index in [0.717, 1.165) is 25.9 Å². The Morgan fingerprint density at radius 1 is 1.38 bits per heavy atom. The van der Waals surface area contributed by atoms with Crippen molar-refractivity contribution in [1.82, 2.24) is 10.2 Å². The fourth-order valence-electron chi connectivity index (χ4n) is 2.33. The minimum Gasteiger partial charge on any atom is -0.381 e. The zero-order valence-corrected chi connectivity index (χ0v) is 9.57. The standard InChI is InChI=1S/C11H18N2O3/c1-16-8-4-6-13(7-5-8)11(15)9-2-3-10(14)12-9/h8-9H,2-7H2,1H3,(H,12,14). The Morgan fingerprint density at radius 2 is 2.06 bits per heavy atom. The van der Waals surface area contributed by atoms with Gasteiger partial charge in [-0.15, -0.1) is 0 Å². The number of nitrogens with zero attached hydrogens (tertiary/aromatic N) is 1. The predicted octanol–water partition coefficient (Wildman–Crippen LogP) is -0.0976. The number of nitrogens with one attached hydrogen (secondary N) is 1. The van der Waals surface area contributed by atoms with Crippen LogP contribution in [-0.2, 0) is 14.3 Å². The number of hydrogen-bond acceptors (Lipinski definition) is 3. The number of hydrogen-bond donors (Lipinski definition) is 1. The second kappa shape index (κ2) is 4.82. The molecule has 1 atom stereocenters. The lowest BCUT2D eigenvalue weighted by atomic mass is 10.1. The van der Waals surface area contributed by atoms with E-state index in [-0.39, 0.29) is 24.0 Å². The third-order valence-corrected chi connectivity index (χ3v) is 3.38. The van der Waals surface area contributed by atoms with Gasteiger partial charge in [-0.25, -0.2) is 0 Å². The van der Waals surface area contributed by atoms with Crippen molar-refractivity contribution in [2.24, 2.45) is 0 Å². The van der Waals surface area contributed by atoms with Gasteiger partial charge in [0.2, 0.25) is 11.8 Å². The van der Waals surface area contributed by atoms with Gasteiger partial charge in [0, 0.05) is 26.6 Å². The van der Waals surface area contributed by atoms with Crippen LogP contribution in [-0.4, -0.2) is 49.1 Å². The zero-order valence-electron chi connectivity index (χ0n) is 9.57. The molecule has 2 aliphatic rings. The van der Waals surface area contributed by atoms with Crippen LogP contribution in [0.25, 0.3) is 0 Å². The molecule has 0 aliphatic carbocycles. The Bertz CT molecular complexity index is 285. The Kier molecular flexibility index (Phi) is 3.43. The molecule has 5 heteroatoms. The van der Waals surface area contributed by atoms with E-state index in [1.165, 1.54) is 0 Å². The summed E-state index contributed by atoms with van der Waals surface area (Å²) in [5.41, 5.74) is 0. The highest BCUT2D eigenvalue weighted by atomic mass is 16.5. The quantitative estimate of drug-likeness (QED) is 0.715. The van der Waals surface area contributed by atoms with Gasteiger partial charge in [-0.3, -0.25) is 9.59 Å². The molecule has 2 heterocycles. The molecule has 0 saturated carbocycles. The molecule has 2 amide bonds. The van der Waals surface area contributed by atoms with Crippen molar-refractivity contribution in [1.29, 1.82) is 0 Å². The van der Waals surface area contributed by atoms with Gasteiger partial charge in [-0.1, -0.05) is 0 Å². The maximum atomic E-state index is 12.0. The van der Waals surface area contributed by atoms with Gasteiger partial charge in [-0.2, -0.15) is 0 Å². The molecule has 0 radical (unpaired) electrons. The Hall–Kier alpha value is -1.10. The molecule has 0 aromatic heterocycles. The van der Waals surface area contributed by atoms with E-state index in [1.807, 2.05) is 4.90 Å². The number of amides is 2. The first kappa shape index (κ1) is 11.4. The summed E-state index contributed by atoms with van der Waals surface area (Å²) >= 11 is 0. The monoisotopic (exact) mass is 226 g/mol. The molecule has 2 saturated heterocycles. The maximum absolute atomic E-state index is 12.0. The number of methoxy groups -OCH3 is 1. The summed E-state index contributed by atoms with van der Waals surface area (Å²) in [6.45, 7) is 1.48. The SMILES string of the molecule is COC1CCN(C(=O)C2CCC(=O)N2)CC1. The largest absolute Gasteiger partial charge is 0.381 e. The average Bonchev–Trinajstić information content (AvgIpc) is 2.75. The minimum absolute atomic E-state index is 0.00914. The smallest absolute Gasteiger partial charge is 0.245 e. The summed E-state index contributed by atoms with van der Waals surface area (Å²) in [6.07, 6.45) is 3.18. The van der Waals surface area contributed by atoms with Gasteiger partial charge in [0.05, 0.1) is 6.10 Å². The topological polar surface area (TPSA) is 58.6 Å². The van der Waals surface area contributed by atoms with Crippen molar-refractivity contribution in [2.45, 2.75) is 37.8 Å². The number of likely N-dealkylation sites (tertiary alicyclic amines) is 1. The van der Waals surface area contributed by atoms with Crippen LogP contribution in [0, 0.1) is 0 Å². The van der Waals surface area contributed by atoms with Crippen molar-refractivity contribution < 1.29 is 14.3 Å². The first-order valence-electron chi connectivity index (χ1n) is 5.81. The normalized spacial score (nSPS) is 26.9. The number of piperidine rings is 1. The van der Waals surface area contributed by atoms with Crippen molar-refractivity contribution in [3.63, 3.8) is 0 Å². The molecular formula is C11H18N2O3. The van der Waals surface area contributed by atoms with Crippen molar-refractivity contribution in [3.05, 3.63) is 0 Å². The molecule has 2 aliphatic heterocycles. The Morgan fingerprint density at radius 3 is 2.56 bits per heavy atom. The van der Waals surface area contributed by atoms with Crippen molar-refractivity contribution in [2.75, 3.05) is 20.2 Å². The van der Waals surface area contributed by atoms with Crippen LogP contribution < -0.4 is 5.32 Å². The summed E-state index contributed by atoms with van der Waals surface area (Å²) in [5, 5.41) is 2.71. The highest BCUT2D eigenvalue weighted by Gasteiger charge is 2.32. The van der Waals surface area contributed by atoms with Crippen molar-refractivity contribution in [3.8, 4) is 0 Å². The third kappa shape index (κ3) is 2.35. The van der Waals surface area contributed by atoms with Gasteiger partial charge in [0.25, 0.3) is 0 Å². The van der Waals surface area contributed by atoms with E-state index < -0.39 is 0 Å². The number of carbonyl (C=O) groups excluding carboxylic acids is 2. The fourth-order valence-corrected chi connectivity index (χ4v) is 2.33. The highest BCUT2D eigenvalue weighted by Crippen LogP contribution is 2.16. The van der Waals surface area contributed by atoms with E-state index >= 15 is 0 Å². The molecule has 5 nitrogen and oxygen atoms in total. The molecule has 1 N–H and O–H groups in total. The van der Waals surface area contributed by atoms with Crippen molar-refractivity contribution >= 4 is 11.8 Å². The summed E-state index contributed by atoms with van der Waals surface area (Å²) in [7, 11) is 1.71. The summed E-state index contributed by atoms with van der Waals surface area (Å²) in [5.74, 6) is 0.0607. The highest BCUT2D eigenvalue weighted by molar-refractivity contribution is 5.90. The first-order valence-corrected chi connectivity index (χ1v) is 5.81. The molecule has 0 aromatic carbocycles. The van der Waals surface area contributed by atoms with Crippen LogP contribution >= 0.6 is 0 Å². The second-order valence-corrected chi connectivity index (χ2v) is 4.42. The van der Waals surface area contributed by atoms with Crippen LogP contribution in [0.2, 0.25) is 0 Å². The molecule has 2 rings (SSSR count). The molecule has 2 fully saturated rings. The molecule has 0 bridgehead atoms. The molecule has 0 aromatic rings. The lowest BCUT2D eigenvalue weighted by Crippen LogP contribution is -2.48. The summed E-state index contributed by atoms with van der Waals surface area (Å²) < 4.78 is 5.25. The van der Waals surface area contributed by atoms with Gasteiger partial charge in [0.1, 0.15) is 6.04 Å². The Balaban J connectivity index is 1.84. The average molecular weight is 226 g/mol. The van der Waals surface area contributed by atoms with Crippen LogP contribution in [0.15, 0.2) is 0 Å². The van der Waals surface area contributed by atoms with Crippen LogP contribution in [0.1, 0.15) is 25.7 Å². The molecule has 1 unspecified atom stereocenters. The molecule has 16 heavy (non-hydrogen) atoms. The summed E-state index contributed by atoms with van der Waals surface area (Å²) in [4.78, 5) is 24.9. The van der Waals surface area contributed by atoms with E-state index in [0.29, 0.717) is 12.8 Å². The zero-order chi connectivity index (χ0) is 11.5. The Labute approximate surface area is 95.1 Å². The maximum Gasteiger partial charge on any atom is 0.245 e. The number of carbonyl (C=O) groups is 2. The van der Waals surface area contributed by atoms with E-state index in [1.54, 1.807) is 7.11 Å². The lowest BCUT2D eigenvalue weighted by Gasteiger charge is -2.32.